The van der Waals surface area contributed by atoms with Gasteiger partial charge in [0.15, 0.2) is 12.2 Å². The number of carboxylic acid groups (broad SMARTS) is 1. The van der Waals surface area contributed by atoms with Gasteiger partial charge in [0.1, 0.15) is 24.5 Å². The van der Waals surface area contributed by atoms with E-state index in [0.717, 1.165) is 0 Å². The number of hydrogen-bond acceptors (Lipinski definition) is 10. The van der Waals surface area contributed by atoms with Gasteiger partial charge < -0.3 is 45.4 Å². The number of carbonyl (C=O) groups is 4. The minimum atomic E-state index is -1.08. The van der Waals surface area contributed by atoms with Gasteiger partial charge in [-0.3, -0.25) is 9.59 Å². The van der Waals surface area contributed by atoms with Gasteiger partial charge in [-0.25, -0.2) is 14.6 Å². The fraction of sp³-hybridized carbons (Fsp3) is 0.321. The highest BCUT2D eigenvalue weighted by Gasteiger charge is 2.20. The molecule has 14 heteroatoms. The van der Waals surface area contributed by atoms with E-state index in [-0.39, 0.29) is 26.0 Å². The van der Waals surface area contributed by atoms with E-state index in [1.54, 1.807) is 55.6 Å². The number of benzene rings is 2. The summed E-state index contributed by atoms with van der Waals surface area (Å²) in [5, 5.41) is 16.8. The maximum atomic E-state index is 12.6. The van der Waals surface area contributed by atoms with Crippen LogP contribution in [0.4, 0.5) is 21.0 Å². The molecule has 2 aromatic carbocycles. The van der Waals surface area contributed by atoms with Crippen LogP contribution < -0.4 is 26.4 Å². The number of nitrogens with one attached hydrogen (secondary N) is 3. The molecule has 42 heavy (non-hydrogen) atoms. The van der Waals surface area contributed by atoms with E-state index in [0.29, 0.717) is 40.4 Å². The van der Waals surface area contributed by atoms with Crippen molar-refractivity contribution < 1.29 is 42.9 Å². The summed E-state index contributed by atoms with van der Waals surface area (Å²) >= 11 is 0. The van der Waals surface area contributed by atoms with Crippen LogP contribution in [-0.2, 0) is 25.6 Å². The smallest absolute Gasteiger partial charge is 0.407 e. The summed E-state index contributed by atoms with van der Waals surface area (Å²) in [7, 11) is 1.51. The number of oxazole rings is 1. The number of nitrogens with two attached hydrogens (primary N) is 1. The number of esters is 1. The monoisotopic (exact) mass is 583 g/mol. The third-order valence-electron chi connectivity index (χ3n) is 5.89. The van der Waals surface area contributed by atoms with Crippen LogP contribution in [0.3, 0.4) is 0 Å². The SMILES string of the molecule is CCC(COC(=O)[C@H](N)CCC(=O)O)OC(=O)NCc1cccc(NC(=O)Nc2ccc(-c3cnco3)c(OC)c2)c1. The molecule has 3 amide bonds. The van der Waals surface area contributed by atoms with E-state index in [9.17, 15) is 19.2 Å². The zero-order valence-electron chi connectivity index (χ0n) is 23.1. The minimum absolute atomic E-state index is 0.0612. The van der Waals surface area contributed by atoms with E-state index in [4.69, 9.17) is 29.5 Å². The molecule has 1 unspecified atom stereocenters. The maximum absolute atomic E-state index is 12.6. The standard InChI is InChI=1S/C28H33N5O9/c1-3-20(15-40-26(36)22(29)9-10-25(34)35)42-28(38)31-13-17-5-4-6-18(11-17)32-27(37)33-19-7-8-21(23(12-19)39-2)24-14-30-16-41-24/h4-8,11-12,14,16,20,22H,3,9-10,13,15,29H2,1-2H3,(H,31,38)(H,34,35)(H2,32,33,37)/t20?,22-/m1/s1. The summed E-state index contributed by atoms with van der Waals surface area (Å²) in [4.78, 5) is 51.3. The first kappa shape index (κ1) is 31.4. The molecule has 14 nitrogen and oxygen atoms in total. The summed E-state index contributed by atoms with van der Waals surface area (Å²) in [6, 6.07) is 10.4. The summed E-state index contributed by atoms with van der Waals surface area (Å²) < 4.78 is 21.1. The average molecular weight is 584 g/mol. The molecule has 3 rings (SSSR count). The normalized spacial score (nSPS) is 12.0. The van der Waals surface area contributed by atoms with Gasteiger partial charge in [-0.2, -0.15) is 0 Å². The number of anilines is 2. The third-order valence-corrected chi connectivity index (χ3v) is 5.89. The number of alkyl carbamates (subject to hydrolysis) is 1. The number of ether oxygens (including phenoxy) is 3. The van der Waals surface area contributed by atoms with Crippen molar-refractivity contribution in [3.63, 3.8) is 0 Å². The predicted molar refractivity (Wildman–Crippen MR) is 151 cm³/mol. The van der Waals surface area contributed by atoms with Crippen LogP contribution in [0.5, 0.6) is 5.75 Å². The number of aliphatic carboxylic acids is 1. The van der Waals surface area contributed by atoms with Crippen LogP contribution in [0, 0.1) is 0 Å². The first-order chi connectivity index (χ1) is 20.2. The fourth-order valence-electron chi connectivity index (χ4n) is 3.66. The molecule has 0 aliphatic carbocycles. The molecule has 6 N–H and O–H groups in total. The second-order valence-electron chi connectivity index (χ2n) is 9.02. The Kier molecular flexibility index (Phi) is 11.7. The van der Waals surface area contributed by atoms with E-state index in [1.165, 1.54) is 13.5 Å². The largest absolute Gasteiger partial charge is 0.496 e. The number of aromatic nitrogens is 1. The fourth-order valence-corrected chi connectivity index (χ4v) is 3.66. The van der Waals surface area contributed by atoms with Crippen molar-refractivity contribution in [2.24, 2.45) is 5.73 Å². The number of carbonyl (C=O) groups excluding carboxylic acids is 3. The highest BCUT2D eigenvalue weighted by molar-refractivity contribution is 6.00. The Labute approximate surface area is 241 Å². The predicted octanol–water partition coefficient (Wildman–Crippen LogP) is 3.73. The van der Waals surface area contributed by atoms with Crippen molar-refractivity contribution in [1.82, 2.24) is 10.3 Å². The number of methoxy groups -OCH3 is 1. The van der Waals surface area contributed by atoms with Crippen molar-refractivity contribution >= 4 is 35.4 Å². The molecular formula is C28H33N5O9. The Hall–Kier alpha value is -5.11. The molecule has 1 heterocycles. The number of nitrogens with zero attached hydrogens (tertiary/aromatic N) is 1. The Morgan fingerprint density at radius 1 is 1.10 bits per heavy atom. The van der Waals surface area contributed by atoms with Gasteiger partial charge in [-0.15, -0.1) is 0 Å². The highest BCUT2D eigenvalue weighted by Crippen LogP contribution is 2.32. The van der Waals surface area contributed by atoms with E-state index >= 15 is 0 Å². The third kappa shape index (κ3) is 9.82. The van der Waals surface area contributed by atoms with Crippen LogP contribution >= 0.6 is 0 Å². The van der Waals surface area contributed by atoms with Crippen molar-refractivity contribution in [1.29, 1.82) is 0 Å². The summed E-state index contributed by atoms with van der Waals surface area (Å²) in [6.45, 7) is 1.64. The average Bonchev–Trinajstić information content (AvgIpc) is 3.51. The first-order valence-corrected chi connectivity index (χ1v) is 13.0. The lowest BCUT2D eigenvalue weighted by Crippen LogP contribution is -2.36. The molecule has 0 saturated heterocycles. The number of amides is 3. The van der Waals surface area contributed by atoms with Gasteiger partial charge in [0.05, 0.1) is 18.9 Å². The maximum Gasteiger partial charge on any atom is 0.407 e. The zero-order valence-corrected chi connectivity index (χ0v) is 23.1. The van der Waals surface area contributed by atoms with Crippen LogP contribution in [0.1, 0.15) is 31.7 Å². The number of carboxylic acids is 1. The van der Waals surface area contributed by atoms with Gasteiger partial charge >= 0.3 is 24.1 Å². The highest BCUT2D eigenvalue weighted by atomic mass is 16.6. The van der Waals surface area contributed by atoms with Gasteiger partial charge in [0.2, 0.25) is 0 Å². The van der Waals surface area contributed by atoms with Crippen molar-refractivity contribution in [2.45, 2.75) is 44.9 Å². The number of rotatable bonds is 14. The topological polar surface area (TPSA) is 204 Å². The second kappa shape index (κ2) is 15.6. The van der Waals surface area contributed by atoms with Crippen molar-refractivity contribution in [3.8, 4) is 17.1 Å². The molecule has 0 spiro atoms. The minimum Gasteiger partial charge on any atom is -0.496 e. The van der Waals surface area contributed by atoms with E-state index in [1.807, 2.05) is 0 Å². The van der Waals surface area contributed by atoms with Crippen molar-refractivity contribution in [2.75, 3.05) is 24.4 Å². The first-order valence-electron chi connectivity index (χ1n) is 13.0. The quantitative estimate of drug-likeness (QED) is 0.173. The van der Waals surface area contributed by atoms with Crippen LogP contribution in [0.2, 0.25) is 0 Å². The van der Waals surface area contributed by atoms with E-state index in [2.05, 4.69) is 20.9 Å². The summed E-state index contributed by atoms with van der Waals surface area (Å²) in [6.07, 6.45) is 1.47. The van der Waals surface area contributed by atoms with Crippen LogP contribution in [0.15, 0.2) is 59.5 Å². The lowest BCUT2D eigenvalue weighted by molar-refractivity contribution is -0.148. The Balaban J connectivity index is 1.46. The van der Waals surface area contributed by atoms with Gasteiger partial charge in [0.25, 0.3) is 0 Å². The molecule has 0 fully saturated rings. The number of urea groups is 1. The van der Waals surface area contributed by atoms with Crippen LogP contribution in [0.25, 0.3) is 11.3 Å². The molecule has 2 atom stereocenters. The molecule has 0 radical (unpaired) electrons. The van der Waals surface area contributed by atoms with Gasteiger partial charge in [-0.1, -0.05) is 19.1 Å². The lowest BCUT2D eigenvalue weighted by atomic mass is 10.1. The van der Waals surface area contributed by atoms with Crippen LogP contribution in [-0.4, -0.2) is 60.0 Å². The Bertz CT molecular complexity index is 1360. The zero-order chi connectivity index (χ0) is 30.5. The molecule has 0 saturated carbocycles. The number of hydrogen-bond donors (Lipinski definition) is 5. The van der Waals surface area contributed by atoms with Gasteiger partial charge in [-0.05, 0) is 42.7 Å². The second-order valence-corrected chi connectivity index (χ2v) is 9.02. The van der Waals surface area contributed by atoms with Gasteiger partial charge in [0, 0.05) is 30.4 Å². The molecule has 0 aliphatic heterocycles. The Morgan fingerprint density at radius 3 is 2.52 bits per heavy atom. The lowest BCUT2D eigenvalue weighted by Gasteiger charge is -2.18. The molecule has 3 aromatic rings. The van der Waals surface area contributed by atoms with Crippen molar-refractivity contribution in [3.05, 3.63) is 60.6 Å². The molecule has 0 aliphatic rings. The molecular weight excluding hydrogens is 550 g/mol. The molecule has 1 aromatic heterocycles. The summed E-state index contributed by atoms with van der Waals surface area (Å²) in [5.41, 5.74) is 7.97. The Morgan fingerprint density at radius 2 is 1.86 bits per heavy atom. The van der Waals surface area contributed by atoms with E-state index < -0.39 is 36.2 Å². The molecule has 224 valence electrons. The summed E-state index contributed by atoms with van der Waals surface area (Å²) in [5.74, 6) is -0.816. The molecule has 0 bridgehead atoms.